The minimum Gasteiger partial charge on any atom is -0.353 e. The lowest BCUT2D eigenvalue weighted by Crippen LogP contribution is -2.43. The van der Waals surface area contributed by atoms with Crippen LogP contribution in [0.1, 0.15) is 50.4 Å². The third-order valence-electron chi connectivity index (χ3n) is 4.14. The van der Waals surface area contributed by atoms with Crippen molar-refractivity contribution in [1.29, 1.82) is 0 Å². The Morgan fingerprint density at radius 1 is 1.23 bits per heavy atom. The lowest BCUT2D eigenvalue weighted by Gasteiger charge is -2.18. The molecule has 0 bridgehead atoms. The van der Waals surface area contributed by atoms with Gasteiger partial charge in [-0.3, -0.25) is 14.4 Å². The number of carbonyl (C=O) groups is 3. The van der Waals surface area contributed by atoms with Gasteiger partial charge in [0.2, 0.25) is 11.8 Å². The van der Waals surface area contributed by atoms with Crippen LogP contribution in [-0.4, -0.2) is 23.6 Å². The molecule has 0 saturated heterocycles. The van der Waals surface area contributed by atoms with Crippen LogP contribution in [0, 0.1) is 5.41 Å². The maximum Gasteiger partial charge on any atom is 0.240 e. The number of rotatable bonds is 6. The minimum absolute atomic E-state index is 0.0545. The van der Waals surface area contributed by atoms with Crippen LogP contribution in [0.15, 0.2) is 24.3 Å². The molecule has 1 saturated carbocycles. The molecule has 0 aliphatic heterocycles. The fraction of sp³-hybridized carbons (Fsp3) is 0.471. The second-order valence-corrected chi connectivity index (χ2v) is 5.96. The summed E-state index contributed by atoms with van der Waals surface area (Å²) < 4.78 is 0. The summed E-state index contributed by atoms with van der Waals surface area (Å²) in [6.07, 6.45) is 1.95. The number of hydrogen-bond acceptors (Lipinski definition) is 3. The van der Waals surface area contributed by atoms with Crippen molar-refractivity contribution in [2.24, 2.45) is 5.41 Å². The third kappa shape index (κ3) is 3.35. The quantitative estimate of drug-likeness (QED) is 0.626. The molecule has 5 nitrogen and oxygen atoms in total. The van der Waals surface area contributed by atoms with Gasteiger partial charge in [0, 0.05) is 17.3 Å². The zero-order chi connectivity index (χ0) is 16.3. The number of nitrogens with one attached hydrogen (secondary N) is 2. The summed E-state index contributed by atoms with van der Waals surface area (Å²) in [5.41, 5.74) is 0.127. The zero-order valence-corrected chi connectivity index (χ0v) is 13.2. The molecule has 1 unspecified atom stereocenters. The Morgan fingerprint density at radius 3 is 2.45 bits per heavy atom. The van der Waals surface area contributed by atoms with Gasteiger partial charge < -0.3 is 10.6 Å². The predicted octanol–water partition coefficient (Wildman–Crippen LogP) is 2.52. The van der Waals surface area contributed by atoms with E-state index in [9.17, 15) is 14.4 Å². The second-order valence-electron chi connectivity index (χ2n) is 5.96. The van der Waals surface area contributed by atoms with E-state index < -0.39 is 5.41 Å². The molecule has 22 heavy (non-hydrogen) atoms. The van der Waals surface area contributed by atoms with E-state index in [0.717, 1.165) is 6.42 Å². The van der Waals surface area contributed by atoms with Crippen molar-refractivity contribution in [2.75, 3.05) is 5.32 Å². The van der Waals surface area contributed by atoms with Crippen LogP contribution >= 0.6 is 0 Å². The molecule has 2 N–H and O–H groups in total. The Labute approximate surface area is 130 Å². The number of anilines is 1. The first-order valence-electron chi connectivity index (χ1n) is 7.62. The molecule has 0 heterocycles. The van der Waals surface area contributed by atoms with Crippen LogP contribution in [-0.2, 0) is 9.59 Å². The standard InChI is InChI=1S/C17H22N2O3/c1-4-11(2)18-15(21)17(8-9-17)16(22)19-14-7-5-6-13(10-14)12(3)20/h5-7,10-11H,4,8-9H2,1-3H3,(H,18,21)(H,19,22). The van der Waals surface area contributed by atoms with Gasteiger partial charge in [0.05, 0.1) is 0 Å². The van der Waals surface area contributed by atoms with Crippen molar-refractivity contribution in [2.45, 2.75) is 46.1 Å². The molecular formula is C17H22N2O3. The lowest BCUT2D eigenvalue weighted by molar-refractivity contribution is -0.134. The van der Waals surface area contributed by atoms with Gasteiger partial charge in [-0.2, -0.15) is 0 Å². The van der Waals surface area contributed by atoms with Crippen molar-refractivity contribution in [3.63, 3.8) is 0 Å². The molecule has 118 valence electrons. The number of hydrogen-bond donors (Lipinski definition) is 2. The van der Waals surface area contributed by atoms with Crippen LogP contribution in [0.4, 0.5) is 5.69 Å². The number of amides is 2. The fourth-order valence-electron chi connectivity index (χ4n) is 2.21. The van der Waals surface area contributed by atoms with E-state index in [-0.39, 0.29) is 23.6 Å². The van der Waals surface area contributed by atoms with Crippen LogP contribution < -0.4 is 10.6 Å². The molecule has 2 amide bonds. The highest BCUT2D eigenvalue weighted by Crippen LogP contribution is 2.47. The molecule has 0 spiro atoms. The van der Waals surface area contributed by atoms with Crippen molar-refractivity contribution < 1.29 is 14.4 Å². The number of benzene rings is 1. The van der Waals surface area contributed by atoms with Crippen LogP contribution in [0.2, 0.25) is 0 Å². The van der Waals surface area contributed by atoms with Crippen molar-refractivity contribution in [3.8, 4) is 0 Å². The predicted molar refractivity (Wildman–Crippen MR) is 84.6 cm³/mol. The van der Waals surface area contributed by atoms with E-state index in [1.807, 2.05) is 13.8 Å². The summed E-state index contributed by atoms with van der Waals surface area (Å²) in [4.78, 5) is 36.1. The maximum absolute atomic E-state index is 12.4. The van der Waals surface area contributed by atoms with Crippen molar-refractivity contribution in [3.05, 3.63) is 29.8 Å². The number of ketones is 1. The highest BCUT2D eigenvalue weighted by molar-refractivity contribution is 6.13. The molecule has 1 aliphatic carbocycles. The SMILES string of the molecule is CCC(C)NC(=O)C1(C(=O)Nc2cccc(C(C)=O)c2)CC1. The van der Waals surface area contributed by atoms with Crippen molar-refractivity contribution >= 4 is 23.3 Å². The molecule has 2 rings (SSSR count). The summed E-state index contributed by atoms with van der Waals surface area (Å²) >= 11 is 0. The first-order valence-corrected chi connectivity index (χ1v) is 7.62. The normalized spacial score (nSPS) is 16.5. The van der Waals surface area contributed by atoms with E-state index in [1.165, 1.54) is 6.92 Å². The van der Waals surface area contributed by atoms with Gasteiger partial charge in [0.25, 0.3) is 0 Å². The monoisotopic (exact) mass is 302 g/mol. The average Bonchev–Trinajstić information content (AvgIpc) is 3.29. The van der Waals surface area contributed by atoms with Gasteiger partial charge in [-0.05, 0) is 45.2 Å². The van der Waals surface area contributed by atoms with E-state index >= 15 is 0 Å². The summed E-state index contributed by atoms with van der Waals surface area (Å²) in [6, 6.07) is 6.81. The molecule has 1 atom stereocenters. The minimum atomic E-state index is -0.949. The summed E-state index contributed by atoms with van der Waals surface area (Å²) in [5.74, 6) is -0.567. The zero-order valence-electron chi connectivity index (χ0n) is 13.2. The molecule has 1 aliphatic rings. The molecule has 1 aromatic carbocycles. The Hall–Kier alpha value is -2.17. The fourth-order valence-corrected chi connectivity index (χ4v) is 2.21. The van der Waals surface area contributed by atoms with E-state index in [1.54, 1.807) is 24.3 Å². The van der Waals surface area contributed by atoms with E-state index in [2.05, 4.69) is 10.6 Å². The molecule has 1 fully saturated rings. The van der Waals surface area contributed by atoms with Gasteiger partial charge in [-0.15, -0.1) is 0 Å². The van der Waals surface area contributed by atoms with Gasteiger partial charge >= 0.3 is 0 Å². The summed E-state index contributed by atoms with van der Waals surface area (Å²) in [5, 5.41) is 5.63. The topological polar surface area (TPSA) is 75.3 Å². The number of Topliss-reactive ketones (excluding diaryl/α,β-unsaturated/α-hetero) is 1. The average molecular weight is 302 g/mol. The maximum atomic E-state index is 12.4. The largest absolute Gasteiger partial charge is 0.353 e. The van der Waals surface area contributed by atoms with Crippen LogP contribution in [0.3, 0.4) is 0 Å². The Bertz CT molecular complexity index is 606. The highest BCUT2D eigenvalue weighted by Gasteiger charge is 2.56. The Balaban J connectivity index is 2.07. The second kappa shape index (κ2) is 6.30. The van der Waals surface area contributed by atoms with E-state index in [4.69, 9.17) is 0 Å². The van der Waals surface area contributed by atoms with Crippen LogP contribution in [0.5, 0.6) is 0 Å². The first kappa shape index (κ1) is 16.2. The summed E-state index contributed by atoms with van der Waals surface area (Å²) in [6.45, 7) is 5.38. The Kier molecular flexibility index (Phi) is 4.64. The number of carbonyl (C=O) groups excluding carboxylic acids is 3. The first-order chi connectivity index (χ1) is 10.4. The van der Waals surface area contributed by atoms with Crippen molar-refractivity contribution in [1.82, 2.24) is 5.32 Å². The smallest absolute Gasteiger partial charge is 0.240 e. The van der Waals surface area contributed by atoms with Gasteiger partial charge in [0.15, 0.2) is 5.78 Å². The van der Waals surface area contributed by atoms with Gasteiger partial charge in [-0.1, -0.05) is 19.1 Å². The van der Waals surface area contributed by atoms with E-state index in [0.29, 0.717) is 24.1 Å². The summed E-state index contributed by atoms with van der Waals surface area (Å²) in [7, 11) is 0. The molecule has 5 heteroatoms. The third-order valence-corrected chi connectivity index (χ3v) is 4.14. The molecule has 1 aromatic rings. The van der Waals surface area contributed by atoms with Gasteiger partial charge in [0.1, 0.15) is 5.41 Å². The molecular weight excluding hydrogens is 280 g/mol. The molecule has 0 aromatic heterocycles. The lowest BCUT2D eigenvalue weighted by atomic mass is 10.0. The Morgan fingerprint density at radius 2 is 1.91 bits per heavy atom. The van der Waals surface area contributed by atoms with Crippen LogP contribution in [0.25, 0.3) is 0 Å². The highest BCUT2D eigenvalue weighted by atomic mass is 16.2. The molecule has 0 radical (unpaired) electrons. The van der Waals surface area contributed by atoms with Gasteiger partial charge in [-0.25, -0.2) is 0 Å².